The molecule has 0 aliphatic rings. The summed E-state index contributed by atoms with van der Waals surface area (Å²) in [5.41, 5.74) is 2.59. The maximum absolute atomic E-state index is 6.00. The molecule has 0 bridgehead atoms. The monoisotopic (exact) mass is 412 g/mol. The third-order valence-electron chi connectivity index (χ3n) is 5.04. The smallest absolute Gasteiger partial charge is 0.191 e. The highest BCUT2D eigenvalue weighted by atomic mass is 16.5. The summed E-state index contributed by atoms with van der Waals surface area (Å²) in [6.45, 7) is 8.69. The van der Waals surface area contributed by atoms with Crippen molar-refractivity contribution < 1.29 is 9.47 Å². The standard InChI is InChI=1S/C24H36N4O2/c1-18(2)28(5)17-21-12-8-7-11-20(21)16-27-24(25-4)26-15-19(3)30-23-14-10-9-13-22(23)29-6/h7-14,18-19H,15-17H2,1-6H3,(H2,25,26,27). The second-order valence-corrected chi connectivity index (χ2v) is 7.66. The van der Waals surface area contributed by atoms with Crippen molar-refractivity contribution >= 4 is 5.96 Å². The van der Waals surface area contributed by atoms with Gasteiger partial charge in [-0.15, -0.1) is 0 Å². The zero-order valence-corrected chi connectivity index (χ0v) is 19.1. The van der Waals surface area contributed by atoms with E-state index in [2.05, 4.69) is 65.7 Å². The summed E-state index contributed by atoms with van der Waals surface area (Å²) in [6.07, 6.45) is -0.0492. The Morgan fingerprint density at radius 1 is 0.967 bits per heavy atom. The molecule has 0 saturated carbocycles. The number of hydrogen-bond donors (Lipinski definition) is 2. The molecular weight excluding hydrogens is 376 g/mol. The Balaban J connectivity index is 1.88. The van der Waals surface area contributed by atoms with Crippen molar-refractivity contribution in [2.24, 2.45) is 4.99 Å². The summed E-state index contributed by atoms with van der Waals surface area (Å²) < 4.78 is 11.4. The van der Waals surface area contributed by atoms with Crippen LogP contribution in [0.4, 0.5) is 0 Å². The molecule has 1 unspecified atom stereocenters. The van der Waals surface area contributed by atoms with Crippen molar-refractivity contribution in [2.45, 2.75) is 46.0 Å². The Labute approximate surface area is 181 Å². The third-order valence-corrected chi connectivity index (χ3v) is 5.04. The van der Waals surface area contributed by atoms with E-state index in [9.17, 15) is 0 Å². The van der Waals surface area contributed by atoms with E-state index in [1.54, 1.807) is 14.2 Å². The fourth-order valence-electron chi connectivity index (χ4n) is 2.95. The lowest BCUT2D eigenvalue weighted by atomic mass is 10.1. The SMILES string of the molecule is CN=C(NCc1ccccc1CN(C)C(C)C)NCC(C)Oc1ccccc1OC. The molecule has 6 nitrogen and oxygen atoms in total. The van der Waals surface area contributed by atoms with Crippen LogP contribution in [0.2, 0.25) is 0 Å². The number of para-hydroxylation sites is 2. The number of aliphatic imine (C=N–C) groups is 1. The van der Waals surface area contributed by atoms with Gasteiger partial charge in [-0.1, -0.05) is 36.4 Å². The first kappa shape index (κ1) is 23.5. The Morgan fingerprint density at radius 2 is 1.60 bits per heavy atom. The van der Waals surface area contributed by atoms with E-state index in [1.807, 2.05) is 31.2 Å². The molecular formula is C24H36N4O2. The second-order valence-electron chi connectivity index (χ2n) is 7.66. The molecule has 164 valence electrons. The first-order valence-corrected chi connectivity index (χ1v) is 10.5. The molecule has 2 N–H and O–H groups in total. The number of guanidine groups is 1. The van der Waals surface area contributed by atoms with Crippen LogP contribution in [-0.4, -0.2) is 50.8 Å². The molecule has 2 aromatic carbocycles. The van der Waals surface area contributed by atoms with Gasteiger partial charge in [0, 0.05) is 26.2 Å². The molecule has 0 fully saturated rings. The van der Waals surface area contributed by atoms with E-state index in [4.69, 9.17) is 9.47 Å². The molecule has 0 saturated heterocycles. The highest BCUT2D eigenvalue weighted by Gasteiger charge is 2.11. The van der Waals surface area contributed by atoms with Gasteiger partial charge in [-0.05, 0) is 51.1 Å². The maximum Gasteiger partial charge on any atom is 0.191 e. The van der Waals surface area contributed by atoms with Gasteiger partial charge in [0.2, 0.25) is 0 Å². The summed E-state index contributed by atoms with van der Waals surface area (Å²) in [6, 6.07) is 16.7. The predicted molar refractivity (Wildman–Crippen MR) is 124 cm³/mol. The first-order valence-electron chi connectivity index (χ1n) is 10.5. The van der Waals surface area contributed by atoms with E-state index in [0.29, 0.717) is 19.1 Å². The van der Waals surface area contributed by atoms with Crippen LogP contribution < -0.4 is 20.1 Å². The zero-order chi connectivity index (χ0) is 21.9. The largest absolute Gasteiger partial charge is 0.493 e. The lowest BCUT2D eigenvalue weighted by Crippen LogP contribution is -2.41. The Bertz CT molecular complexity index is 807. The average Bonchev–Trinajstić information content (AvgIpc) is 2.75. The van der Waals surface area contributed by atoms with Gasteiger partial charge in [0.05, 0.1) is 13.7 Å². The highest BCUT2D eigenvalue weighted by molar-refractivity contribution is 5.79. The lowest BCUT2D eigenvalue weighted by molar-refractivity contribution is 0.213. The number of nitrogens with one attached hydrogen (secondary N) is 2. The highest BCUT2D eigenvalue weighted by Crippen LogP contribution is 2.26. The molecule has 0 aliphatic heterocycles. The van der Waals surface area contributed by atoms with Gasteiger partial charge in [0.25, 0.3) is 0 Å². The van der Waals surface area contributed by atoms with Gasteiger partial charge in [-0.25, -0.2) is 0 Å². The van der Waals surface area contributed by atoms with Crippen molar-refractivity contribution in [3.05, 3.63) is 59.7 Å². The number of nitrogens with zero attached hydrogens (tertiary/aromatic N) is 2. The van der Waals surface area contributed by atoms with Crippen molar-refractivity contribution in [1.82, 2.24) is 15.5 Å². The molecule has 0 radical (unpaired) electrons. The summed E-state index contributed by atoms with van der Waals surface area (Å²) in [5.74, 6) is 2.22. The second kappa shape index (κ2) is 12.1. The van der Waals surface area contributed by atoms with Gasteiger partial charge in [0.1, 0.15) is 6.10 Å². The summed E-state index contributed by atoms with van der Waals surface area (Å²) in [5, 5.41) is 6.75. The maximum atomic E-state index is 6.00. The number of rotatable bonds is 10. The molecule has 0 amide bonds. The Kier molecular flexibility index (Phi) is 9.48. The molecule has 1 atom stereocenters. The van der Waals surface area contributed by atoms with Crippen LogP contribution in [0.3, 0.4) is 0 Å². The zero-order valence-electron chi connectivity index (χ0n) is 19.1. The van der Waals surface area contributed by atoms with Crippen LogP contribution in [0, 0.1) is 0 Å². The summed E-state index contributed by atoms with van der Waals surface area (Å²) in [7, 11) is 5.58. The predicted octanol–water partition coefficient (Wildman–Crippen LogP) is 3.67. The van der Waals surface area contributed by atoms with Crippen LogP contribution in [-0.2, 0) is 13.1 Å². The van der Waals surface area contributed by atoms with E-state index < -0.39 is 0 Å². The quantitative estimate of drug-likeness (QED) is 0.461. The van der Waals surface area contributed by atoms with Crippen molar-refractivity contribution in [1.29, 1.82) is 0 Å². The molecule has 30 heavy (non-hydrogen) atoms. The fourth-order valence-corrected chi connectivity index (χ4v) is 2.95. The van der Waals surface area contributed by atoms with Crippen LogP contribution >= 0.6 is 0 Å². The van der Waals surface area contributed by atoms with Gasteiger partial charge < -0.3 is 20.1 Å². The van der Waals surface area contributed by atoms with Crippen LogP contribution in [0.5, 0.6) is 11.5 Å². The summed E-state index contributed by atoms with van der Waals surface area (Å²) in [4.78, 5) is 6.67. The molecule has 2 rings (SSSR count). The van der Waals surface area contributed by atoms with Crippen LogP contribution in [0.25, 0.3) is 0 Å². The minimum Gasteiger partial charge on any atom is -0.493 e. The third kappa shape index (κ3) is 7.26. The average molecular weight is 413 g/mol. The van der Waals surface area contributed by atoms with E-state index >= 15 is 0 Å². The number of methoxy groups -OCH3 is 1. The van der Waals surface area contributed by atoms with Crippen molar-refractivity contribution in [3.63, 3.8) is 0 Å². The number of hydrogen-bond acceptors (Lipinski definition) is 4. The fraction of sp³-hybridized carbons (Fsp3) is 0.458. The van der Waals surface area contributed by atoms with Gasteiger partial charge >= 0.3 is 0 Å². The molecule has 2 aromatic rings. The van der Waals surface area contributed by atoms with Crippen LogP contribution in [0.1, 0.15) is 31.9 Å². The molecule has 0 spiro atoms. The van der Waals surface area contributed by atoms with Gasteiger partial charge in [-0.2, -0.15) is 0 Å². The molecule has 0 aromatic heterocycles. The minimum atomic E-state index is -0.0492. The van der Waals surface area contributed by atoms with Crippen molar-refractivity contribution in [2.75, 3.05) is 27.7 Å². The Hall–Kier alpha value is -2.73. The molecule has 6 heteroatoms. The van der Waals surface area contributed by atoms with Crippen LogP contribution in [0.15, 0.2) is 53.5 Å². The lowest BCUT2D eigenvalue weighted by Gasteiger charge is -2.23. The van der Waals surface area contributed by atoms with Crippen molar-refractivity contribution in [3.8, 4) is 11.5 Å². The van der Waals surface area contributed by atoms with Gasteiger partial charge in [-0.3, -0.25) is 9.89 Å². The van der Waals surface area contributed by atoms with E-state index in [1.165, 1.54) is 11.1 Å². The van der Waals surface area contributed by atoms with E-state index in [0.717, 1.165) is 24.0 Å². The number of ether oxygens (including phenoxy) is 2. The topological polar surface area (TPSA) is 58.1 Å². The minimum absolute atomic E-state index is 0.0492. The Morgan fingerprint density at radius 3 is 2.23 bits per heavy atom. The molecule has 0 aliphatic carbocycles. The number of benzene rings is 2. The normalized spacial score (nSPS) is 12.7. The molecule has 0 heterocycles. The summed E-state index contributed by atoms with van der Waals surface area (Å²) >= 11 is 0. The first-order chi connectivity index (χ1) is 14.4. The van der Waals surface area contributed by atoms with E-state index in [-0.39, 0.29) is 6.10 Å². The van der Waals surface area contributed by atoms with Gasteiger partial charge in [0.15, 0.2) is 17.5 Å².